The monoisotopic (exact) mass is 270 g/mol. The second kappa shape index (κ2) is 4.10. The summed E-state index contributed by atoms with van der Waals surface area (Å²) >= 11 is -0.261. The summed E-state index contributed by atoms with van der Waals surface area (Å²) in [5.74, 6) is 0. The normalized spacial score (nSPS) is 6.25. The number of hydrogen-bond donors (Lipinski definition) is 0. The molecule has 0 radical (unpaired) electrons. The molecular weight excluding hydrogens is 265 g/mol. The van der Waals surface area contributed by atoms with Crippen molar-refractivity contribution in [3.8, 4) is 0 Å². The Kier molecular flexibility index (Phi) is 5.23. The van der Waals surface area contributed by atoms with E-state index >= 15 is 0 Å². The van der Waals surface area contributed by atoms with Gasteiger partial charge in [-0.05, 0) is 0 Å². The van der Waals surface area contributed by atoms with Crippen LogP contribution in [-0.2, 0) is 0 Å². The van der Waals surface area contributed by atoms with Gasteiger partial charge in [0.15, 0.2) is 0 Å². The molecule has 0 amide bonds. The Bertz CT molecular complexity index is 20.0. The van der Waals surface area contributed by atoms with Crippen molar-refractivity contribution in [1.82, 2.24) is 0 Å². The second-order valence-corrected chi connectivity index (χ2v) is 6.17. The average molecular weight is 270 g/mol. The van der Waals surface area contributed by atoms with Gasteiger partial charge < -0.3 is 0 Å². The van der Waals surface area contributed by atoms with Gasteiger partial charge in [0, 0.05) is 0 Å². The molecule has 0 aliphatic heterocycles. The Labute approximate surface area is 41.1 Å². The molecule has 0 atom stereocenters. The van der Waals surface area contributed by atoms with E-state index < -0.39 is 0 Å². The summed E-state index contributed by atoms with van der Waals surface area (Å²) in [5, 5.41) is 0. The molecule has 0 spiro atoms. The van der Waals surface area contributed by atoms with Gasteiger partial charge in [-0.25, -0.2) is 0 Å². The zero-order chi connectivity index (χ0) is 3.41. The maximum absolute atomic E-state index is 4.73. The van der Waals surface area contributed by atoms with E-state index in [1.165, 1.54) is 4.13 Å². The summed E-state index contributed by atoms with van der Waals surface area (Å²) in [5.41, 5.74) is 0. The molecule has 0 rings (SSSR count). The molecule has 0 N–H and O–H groups in total. The van der Waals surface area contributed by atoms with E-state index in [4.69, 9.17) is 8.86 Å². The zero-order valence-electron chi connectivity index (χ0n) is 2.56. The van der Waals surface area contributed by atoms with Crippen LogP contribution in [0.5, 0.6) is 0 Å². The summed E-state index contributed by atoms with van der Waals surface area (Å²) in [7, 11) is 4.73. The Hall–Kier alpha value is 1.10. The van der Waals surface area contributed by atoms with Gasteiger partial charge in [-0.2, -0.15) is 0 Å². The molecule has 4 heavy (non-hydrogen) atoms. The zero-order valence-corrected chi connectivity index (χ0v) is 6.86. The molecule has 0 saturated carbocycles. The standard InChI is InChI=1S/C2H5.Bi.S/c1-2;;/h1H2,2H3;;. The molecule has 0 unspecified atom stereocenters. The van der Waals surface area contributed by atoms with Crippen LogP contribution in [0.4, 0.5) is 0 Å². The molecule has 0 aliphatic carbocycles. The van der Waals surface area contributed by atoms with Gasteiger partial charge in [-0.1, -0.05) is 0 Å². The first-order valence-electron chi connectivity index (χ1n) is 1.21. The van der Waals surface area contributed by atoms with Gasteiger partial charge in [0.2, 0.25) is 0 Å². The van der Waals surface area contributed by atoms with Crippen molar-refractivity contribution < 1.29 is 0 Å². The van der Waals surface area contributed by atoms with Crippen molar-refractivity contribution in [2.75, 3.05) is 0 Å². The molecule has 0 heterocycles. The van der Waals surface area contributed by atoms with Gasteiger partial charge in [-0.3, -0.25) is 0 Å². The Morgan fingerprint density at radius 1 is 2.00 bits per heavy atom. The van der Waals surface area contributed by atoms with Crippen LogP contribution in [0.25, 0.3) is 0 Å². The van der Waals surface area contributed by atoms with Crippen LogP contribution in [-0.4, -0.2) is 21.2 Å². The summed E-state index contributed by atoms with van der Waals surface area (Å²) in [6.45, 7) is 2.16. The van der Waals surface area contributed by atoms with Gasteiger partial charge in [0.25, 0.3) is 0 Å². The van der Waals surface area contributed by atoms with Crippen molar-refractivity contribution >= 4 is 30.1 Å². The van der Waals surface area contributed by atoms with Crippen LogP contribution in [0.1, 0.15) is 6.92 Å². The minimum atomic E-state index is -0.261. The van der Waals surface area contributed by atoms with E-state index in [1.807, 2.05) is 0 Å². The predicted molar refractivity (Wildman–Crippen MR) is 23.8 cm³/mol. The van der Waals surface area contributed by atoms with E-state index in [1.54, 1.807) is 0 Å². The number of hydrogen-bond acceptors (Lipinski definition) is 1. The quantitative estimate of drug-likeness (QED) is 0.646. The van der Waals surface area contributed by atoms with Gasteiger partial charge in [-0.15, -0.1) is 0 Å². The fourth-order valence-electron chi connectivity index (χ4n) is 0. The molecule has 24 valence electrons. The van der Waals surface area contributed by atoms with Crippen molar-refractivity contribution in [3.05, 3.63) is 0 Å². The van der Waals surface area contributed by atoms with Crippen molar-refractivity contribution in [1.29, 1.82) is 0 Å². The maximum atomic E-state index is 4.73. The summed E-state index contributed by atoms with van der Waals surface area (Å²) < 4.78 is 1.31. The van der Waals surface area contributed by atoms with Crippen molar-refractivity contribution in [2.45, 2.75) is 11.1 Å². The van der Waals surface area contributed by atoms with Crippen molar-refractivity contribution in [2.24, 2.45) is 0 Å². The Morgan fingerprint density at radius 3 is 2.25 bits per heavy atom. The van der Waals surface area contributed by atoms with E-state index in [2.05, 4.69) is 6.92 Å². The second-order valence-electron chi connectivity index (χ2n) is 0.445. The first-order chi connectivity index (χ1) is 1.91. The molecular formula is C2H5BiS. The van der Waals surface area contributed by atoms with E-state index in [0.29, 0.717) is 0 Å². The van der Waals surface area contributed by atoms with Crippen LogP contribution in [0.3, 0.4) is 0 Å². The molecule has 0 aromatic heterocycles. The van der Waals surface area contributed by atoms with E-state index in [9.17, 15) is 0 Å². The van der Waals surface area contributed by atoms with Crippen molar-refractivity contribution in [3.63, 3.8) is 0 Å². The molecule has 0 bridgehead atoms. The fourth-order valence-corrected chi connectivity index (χ4v) is 0. The molecule has 0 saturated heterocycles. The van der Waals surface area contributed by atoms with Gasteiger partial charge >= 0.3 is 41.1 Å². The fraction of sp³-hybridized carbons (Fsp3) is 1.00. The third kappa shape index (κ3) is 3.10. The van der Waals surface area contributed by atoms with Crippen LogP contribution in [0.15, 0.2) is 0 Å². The third-order valence-corrected chi connectivity index (χ3v) is 3.40. The van der Waals surface area contributed by atoms with E-state index in [0.717, 1.165) is 0 Å². The molecule has 2 heteroatoms. The van der Waals surface area contributed by atoms with Crippen LogP contribution in [0, 0.1) is 0 Å². The molecule has 0 aromatic carbocycles. The Balaban J connectivity index is 2.30. The average Bonchev–Trinajstić information content (AvgIpc) is 1.37. The predicted octanol–water partition coefficient (Wildman–Crippen LogP) is 1.24. The van der Waals surface area contributed by atoms with E-state index in [-0.39, 0.29) is 21.2 Å². The topological polar surface area (TPSA) is 0 Å². The molecule has 0 aromatic rings. The molecule has 0 fully saturated rings. The minimum absolute atomic E-state index is 0.261. The summed E-state index contributed by atoms with van der Waals surface area (Å²) in [6.07, 6.45) is 0. The van der Waals surface area contributed by atoms with Gasteiger partial charge in [0.1, 0.15) is 0 Å². The first kappa shape index (κ1) is 5.10. The Morgan fingerprint density at radius 2 is 2.25 bits per heavy atom. The van der Waals surface area contributed by atoms with Crippen LogP contribution < -0.4 is 0 Å². The van der Waals surface area contributed by atoms with Crippen LogP contribution >= 0.6 is 8.86 Å². The molecule has 0 nitrogen and oxygen atoms in total. The summed E-state index contributed by atoms with van der Waals surface area (Å²) in [4.78, 5) is 0. The summed E-state index contributed by atoms with van der Waals surface area (Å²) in [6, 6.07) is 0. The number of rotatable bonds is 1. The first-order valence-corrected chi connectivity index (χ1v) is 8.29. The third-order valence-electron chi connectivity index (χ3n) is 0.129. The molecule has 0 aliphatic rings. The SMILES string of the molecule is C[CH2][Bi]=[S]. The van der Waals surface area contributed by atoms with Gasteiger partial charge in [0.05, 0.1) is 0 Å². The van der Waals surface area contributed by atoms with Crippen LogP contribution in [0.2, 0.25) is 4.13 Å².